The number of fused-ring (bicyclic) bond motifs is 2. The Hall–Kier alpha value is -3.37. The standard InChI is InChI=1S/C25H27N5O4S/c1-13-3-5-16-15(9-13)11-20(26-16)22(31)27-17-6-4-14(25(33)34)10-19(17)28-23(32)24-29-18-7-8-30(2)12-21(18)35-24/h3,5,9,11,14,19,26H,4,6-8,10,12H2,1-2H3,(H,28,32)(H,33,34)/t14-,19-/m1/s1. The quantitative estimate of drug-likeness (QED) is 0.512. The van der Waals surface area contributed by atoms with Gasteiger partial charge in [-0.05, 0) is 51.4 Å². The van der Waals surface area contributed by atoms with Crippen molar-refractivity contribution in [2.24, 2.45) is 10.9 Å². The number of likely N-dealkylation sites (N-methyl/N-ethyl adjacent to an activating group) is 1. The average molecular weight is 494 g/mol. The van der Waals surface area contributed by atoms with E-state index in [1.807, 2.05) is 32.2 Å². The minimum Gasteiger partial charge on any atom is -0.481 e. The third kappa shape index (κ3) is 4.89. The normalized spacial score (nSPS) is 21.7. The first-order valence-corrected chi connectivity index (χ1v) is 12.5. The largest absolute Gasteiger partial charge is 0.481 e. The van der Waals surface area contributed by atoms with E-state index in [0.717, 1.165) is 46.5 Å². The molecule has 2 amide bonds. The van der Waals surface area contributed by atoms with Gasteiger partial charge in [0, 0.05) is 41.0 Å². The summed E-state index contributed by atoms with van der Waals surface area (Å²) in [6.45, 7) is 3.64. The van der Waals surface area contributed by atoms with Gasteiger partial charge in [0.15, 0.2) is 5.01 Å². The number of H-pyrrole nitrogens is 1. The SMILES string of the molecule is Cc1ccc2[nH]c(C(=O)N=C3CC[C@@H](C(=O)O)C[C@H]3NC(=O)c3nc4c(s3)CN(C)CC4)cc2c1. The van der Waals surface area contributed by atoms with Crippen molar-refractivity contribution in [3.63, 3.8) is 0 Å². The fourth-order valence-electron chi connectivity index (χ4n) is 4.73. The lowest BCUT2D eigenvalue weighted by Gasteiger charge is -2.28. The molecule has 1 aliphatic heterocycles. The fourth-order valence-corrected chi connectivity index (χ4v) is 5.82. The van der Waals surface area contributed by atoms with Crippen LogP contribution in [0.15, 0.2) is 29.3 Å². The highest BCUT2D eigenvalue weighted by Gasteiger charge is 2.34. The van der Waals surface area contributed by atoms with Crippen LogP contribution in [0.4, 0.5) is 0 Å². The second-order valence-corrected chi connectivity index (χ2v) is 10.5. The lowest BCUT2D eigenvalue weighted by atomic mass is 9.84. The molecule has 3 heterocycles. The lowest BCUT2D eigenvalue weighted by Crippen LogP contribution is -2.46. The second kappa shape index (κ2) is 9.35. The topological polar surface area (TPSA) is 128 Å². The Labute approximate surface area is 206 Å². The molecular weight excluding hydrogens is 466 g/mol. The molecule has 0 bridgehead atoms. The molecule has 1 aromatic carbocycles. The maximum Gasteiger partial charge on any atom is 0.306 e. The van der Waals surface area contributed by atoms with Gasteiger partial charge in [-0.2, -0.15) is 0 Å². The number of aryl methyl sites for hydroxylation is 1. The predicted molar refractivity (Wildman–Crippen MR) is 133 cm³/mol. The number of aromatic nitrogens is 2. The third-order valence-corrected chi connectivity index (χ3v) is 7.78. The van der Waals surface area contributed by atoms with Crippen LogP contribution in [0.5, 0.6) is 0 Å². The minimum absolute atomic E-state index is 0.187. The number of hydrogen-bond acceptors (Lipinski definition) is 6. The predicted octanol–water partition coefficient (Wildman–Crippen LogP) is 3.19. The van der Waals surface area contributed by atoms with Crippen LogP contribution in [0.1, 0.15) is 55.7 Å². The van der Waals surface area contributed by atoms with Gasteiger partial charge in [0.2, 0.25) is 0 Å². The first-order chi connectivity index (χ1) is 16.8. The highest BCUT2D eigenvalue weighted by molar-refractivity contribution is 7.13. The molecule has 3 aromatic rings. The molecule has 35 heavy (non-hydrogen) atoms. The van der Waals surface area contributed by atoms with E-state index in [9.17, 15) is 19.5 Å². The van der Waals surface area contributed by atoms with Crippen LogP contribution >= 0.6 is 11.3 Å². The summed E-state index contributed by atoms with van der Waals surface area (Å²) in [5.41, 5.74) is 3.74. The van der Waals surface area contributed by atoms with Crippen molar-refractivity contribution < 1.29 is 19.5 Å². The van der Waals surface area contributed by atoms with Gasteiger partial charge in [-0.25, -0.2) is 9.98 Å². The van der Waals surface area contributed by atoms with E-state index in [2.05, 4.69) is 25.2 Å². The lowest BCUT2D eigenvalue weighted by molar-refractivity contribution is -0.142. The smallest absolute Gasteiger partial charge is 0.306 e. The molecule has 1 fully saturated rings. The van der Waals surface area contributed by atoms with E-state index in [1.54, 1.807) is 6.07 Å². The number of nitrogens with one attached hydrogen (secondary N) is 2. The zero-order chi connectivity index (χ0) is 24.7. The number of carboxylic acids is 1. The molecule has 2 aromatic heterocycles. The van der Waals surface area contributed by atoms with Gasteiger partial charge in [0.25, 0.3) is 11.8 Å². The number of carbonyl (C=O) groups is 3. The molecule has 0 unspecified atom stereocenters. The molecule has 5 rings (SSSR count). The number of aliphatic imine (C=N–C) groups is 1. The van der Waals surface area contributed by atoms with Crippen molar-refractivity contribution >= 4 is 45.7 Å². The molecule has 182 valence electrons. The number of carboxylic acid groups (broad SMARTS) is 1. The van der Waals surface area contributed by atoms with Crippen molar-refractivity contribution in [1.29, 1.82) is 0 Å². The molecule has 10 heteroatoms. The number of aliphatic carboxylic acids is 1. The van der Waals surface area contributed by atoms with Gasteiger partial charge in [0.1, 0.15) is 5.69 Å². The van der Waals surface area contributed by atoms with E-state index >= 15 is 0 Å². The van der Waals surface area contributed by atoms with E-state index in [-0.39, 0.29) is 12.3 Å². The van der Waals surface area contributed by atoms with E-state index in [0.29, 0.717) is 29.3 Å². The van der Waals surface area contributed by atoms with Crippen molar-refractivity contribution in [3.05, 3.63) is 51.1 Å². The van der Waals surface area contributed by atoms with Crippen LogP contribution in [0, 0.1) is 12.8 Å². The van der Waals surface area contributed by atoms with E-state index in [4.69, 9.17) is 0 Å². The van der Waals surface area contributed by atoms with Gasteiger partial charge < -0.3 is 20.3 Å². The summed E-state index contributed by atoms with van der Waals surface area (Å²) < 4.78 is 0. The van der Waals surface area contributed by atoms with Gasteiger partial charge in [0.05, 0.1) is 17.7 Å². The number of aromatic amines is 1. The van der Waals surface area contributed by atoms with Gasteiger partial charge in [-0.3, -0.25) is 14.4 Å². The van der Waals surface area contributed by atoms with Crippen LogP contribution in [-0.2, 0) is 17.8 Å². The summed E-state index contributed by atoms with van der Waals surface area (Å²) in [6, 6.07) is 6.99. The van der Waals surface area contributed by atoms with E-state index < -0.39 is 23.8 Å². The van der Waals surface area contributed by atoms with E-state index in [1.165, 1.54) is 11.3 Å². The van der Waals surface area contributed by atoms with Crippen molar-refractivity contribution in [2.75, 3.05) is 13.6 Å². The first kappa shape index (κ1) is 23.4. The number of nitrogens with zero attached hydrogens (tertiary/aromatic N) is 3. The molecule has 0 spiro atoms. The Kier molecular flexibility index (Phi) is 6.24. The number of carbonyl (C=O) groups excluding carboxylic acids is 2. The Bertz CT molecular complexity index is 1360. The summed E-state index contributed by atoms with van der Waals surface area (Å²) in [4.78, 5) is 52.9. The van der Waals surface area contributed by atoms with Crippen molar-refractivity contribution in [2.45, 2.75) is 45.2 Å². The number of rotatable bonds is 4. The monoisotopic (exact) mass is 493 g/mol. The summed E-state index contributed by atoms with van der Waals surface area (Å²) in [6.07, 6.45) is 1.68. The molecule has 0 radical (unpaired) electrons. The fraction of sp³-hybridized carbons (Fsp3) is 0.400. The van der Waals surface area contributed by atoms with Crippen LogP contribution in [0.2, 0.25) is 0 Å². The molecule has 1 aliphatic carbocycles. The highest BCUT2D eigenvalue weighted by atomic mass is 32.1. The molecule has 1 saturated carbocycles. The van der Waals surface area contributed by atoms with Crippen LogP contribution in [0.25, 0.3) is 10.9 Å². The first-order valence-electron chi connectivity index (χ1n) is 11.7. The molecule has 2 aliphatic rings. The van der Waals surface area contributed by atoms with Crippen molar-refractivity contribution in [1.82, 2.24) is 20.2 Å². The third-order valence-electron chi connectivity index (χ3n) is 6.69. The Morgan fingerprint density at radius 3 is 2.89 bits per heavy atom. The van der Waals surface area contributed by atoms with Gasteiger partial charge >= 0.3 is 5.97 Å². The molecule has 2 atom stereocenters. The minimum atomic E-state index is -0.909. The number of benzene rings is 1. The van der Waals surface area contributed by atoms with Crippen LogP contribution < -0.4 is 5.32 Å². The molecule has 0 saturated heterocycles. The number of thiazole rings is 1. The van der Waals surface area contributed by atoms with Gasteiger partial charge in [-0.15, -0.1) is 11.3 Å². The molecule has 3 N–H and O–H groups in total. The molecule has 9 nitrogen and oxygen atoms in total. The van der Waals surface area contributed by atoms with Gasteiger partial charge in [-0.1, -0.05) is 11.6 Å². The number of amides is 2. The summed E-state index contributed by atoms with van der Waals surface area (Å²) >= 11 is 1.37. The Balaban J connectivity index is 1.38. The highest BCUT2D eigenvalue weighted by Crippen LogP contribution is 2.27. The second-order valence-electron chi connectivity index (χ2n) is 9.39. The molecular formula is C25H27N5O4S. The maximum atomic E-state index is 13.1. The Morgan fingerprint density at radius 1 is 1.26 bits per heavy atom. The number of hydrogen-bond donors (Lipinski definition) is 3. The Morgan fingerprint density at radius 2 is 2.09 bits per heavy atom. The van der Waals surface area contributed by atoms with Crippen molar-refractivity contribution in [3.8, 4) is 0 Å². The van der Waals surface area contributed by atoms with Crippen LogP contribution in [0.3, 0.4) is 0 Å². The zero-order valence-corrected chi connectivity index (χ0v) is 20.4. The summed E-state index contributed by atoms with van der Waals surface area (Å²) in [5.74, 6) is -2.31. The summed E-state index contributed by atoms with van der Waals surface area (Å²) in [5, 5.41) is 13.8. The summed E-state index contributed by atoms with van der Waals surface area (Å²) in [7, 11) is 2.03. The zero-order valence-electron chi connectivity index (χ0n) is 19.6. The average Bonchev–Trinajstić information content (AvgIpc) is 3.43. The van der Waals surface area contributed by atoms with Crippen LogP contribution in [-0.4, -0.2) is 63.1 Å². The maximum absolute atomic E-state index is 13.1.